The van der Waals surface area contributed by atoms with E-state index in [2.05, 4.69) is 19.7 Å². The molecule has 0 spiro atoms. The van der Waals surface area contributed by atoms with Crippen LogP contribution in [0.2, 0.25) is 0 Å². The second-order valence-corrected chi connectivity index (χ2v) is 3.86. The van der Waals surface area contributed by atoms with Gasteiger partial charge in [0.2, 0.25) is 0 Å². The van der Waals surface area contributed by atoms with E-state index in [9.17, 15) is 4.39 Å². The van der Waals surface area contributed by atoms with E-state index in [1.54, 1.807) is 19.1 Å². The highest BCUT2D eigenvalue weighted by molar-refractivity contribution is 5.39. The molecule has 0 aliphatic rings. The molecule has 0 amide bonds. The number of hydrogen-bond donors (Lipinski definition) is 0. The fourth-order valence-corrected chi connectivity index (χ4v) is 1.06. The largest absolute Gasteiger partial charge is 0.207 e. The minimum atomic E-state index is -0.476. The van der Waals surface area contributed by atoms with Crippen molar-refractivity contribution < 1.29 is 4.39 Å². The number of halogens is 1. The Hall–Kier alpha value is -1.37. The summed E-state index contributed by atoms with van der Waals surface area (Å²) in [5.74, 6) is -0.284. The van der Waals surface area contributed by atoms with Gasteiger partial charge in [-0.2, -0.15) is 0 Å². The van der Waals surface area contributed by atoms with Crippen LogP contribution in [0.4, 0.5) is 4.39 Å². The zero-order valence-corrected chi connectivity index (χ0v) is 9.81. The lowest BCUT2D eigenvalue weighted by Gasteiger charge is -2.27. The van der Waals surface area contributed by atoms with Crippen LogP contribution in [0, 0.1) is 5.41 Å². The lowest BCUT2D eigenvalue weighted by molar-refractivity contribution is 0.513. The molecule has 0 nitrogen and oxygen atoms in total. The van der Waals surface area contributed by atoms with Gasteiger partial charge in [0.1, 0.15) is 5.83 Å². The Morgan fingerprint density at radius 2 is 1.80 bits per heavy atom. The van der Waals surface area contributed by atoms with Crippen LogP contribution in [0.25, 0.3) is 0 Å². The molecule has 1 heteroatoms. The van der Waals surface area contributed by atoms with Crippen LogP contribution >= 0.6 is 0 Å². The van der Waals surface area contributed by atoms with Crippen molar-refractivity contribution in [2.24, 2.45) is 5.41 Å². The van der Waals surface area contributed by atoms with Crippen molar-refractivity contribution in [1.82, 2.24) is 0 Å². The quantitative estimate of drug-likeness (QED) is 0.570. The molecule has 0 N–H and O–H groups in total. The predicted octanol–water partition coefficient (Wildman–Crippen LogP) is 4.74. The highest BCUT2D eigenvalue weighted by atomic mass is 19.1. The van der Waals surface area contributed by atoms with E-state index < -0.39 is 5.41 Å². The van der Waals surface area contributed by atoms with Gasteiger partial charge in [0.15, 0.2) is 0 Å². The van der Waals surface area contributed by atoms with Gasteiger partial charge in [0, 0.05) is 5.41 Å². The van der Waals surface area contributed by atoms with E-state index >= 15 is 0 Å². The molecule has 0 radical (unpaired) electrons. The van der Waals surface area contributed by atoms with Gasteiger partial charge in [-0.15, -0.1) is 0 Å². The molecule has 15 heavy (non-hydrogen) atoms. The summed E-state index contributed by atoms with van der Waals surface area (Å²) in [6, 6.07) is 0. The van der Waals surface area contributed by atoms with E-state index in [1.165, 1.54) is 6.08 Å². The van der Waals surface area contributed by atoms with Crippen LogP contribution in [0.5, 0.6) is 0 Å². The molecule has 0 aliphatic carbocycles. The van der Waals surface area contributed by atoms with Crippen molar-refractivity contribution >= 4 is 0 Å². The smallest absolute Gasteiger partial charge is 0.122 e. The molecule has 0 unspecified atom stereocenters. The molecular weight excluding hydrogens is 187 g/mol. The van der Waals surface area contributed by atoms with Crippen LogP contribution in [0.1, 0.15) is 20.8 Å². The highest BCUT2D eigenvalue weighted by Gasteiger charge is 2.26. The summed E-state index contributed by atoms with van der Waals surface area (Å²) in [5.41, 5.74) is 0.781. The molecular formula is C14H19F. The molecule has 0 aliphatic heterocycles. The summed E-state index contributed by atoms with van der Waals surface area (Å²) in [6.45, 7) is 16.7. The minimum Gasteiger partial charge on any atom is -0.207 e. The highest BCUT2D eigenvalue weighted by Crippen LogP contribution is 2.37. The maximum absolute atomic E-state index is 13.4. The summed E-state index contributed by atoms with van der Waals surface area (Å²) in [5, 5.41) is 0. The van der Waals surface area contributed by atoms with Crippen LogP contribution in [-0.4, -0.2) is 0 Å². The lowest BCUT2D eigenvalue weighted by Crippen LogP contribution is -2.16. The fraction of sp³-hybridized carbons (Fsp3) is 0.286. The van der Waals surface area contributed by atoms with Gasteiger partial charge in [-0.05, 0) is 18.1 Å². The first-order valence-electron chi connectivity index (χ1n) is 4.88. The first kappa shape index (κ1) is 13.6. The van der Waals surface area contributed by atoms with Crippen molar-refractivity contribution in [3.63, 3.8) is 0 Å². The summed E-state index contributed by atoms with van der Waals surface area (Å²) in [7, 11) is 0. The molecule has 0 saturated heterocycles. The molecule has 0 fully saturated rings. The predicted molar refractivity (Wildman–Crippen MR) is 66.3 cm³/mol. The SMILES string of the molecule is C=C/C=C\C(=C)C(C)(C)C(=C)/C(F)=C\C. The van der Waals surface area contributed by atoms with E-state index in [0.717, 1.165) is 5.57 Å². The van der Waals surface area contributed by atoms with Crippen molar-refractivity contribution in [3.05, 3.63) is 61.0 Å². The Morgan fingerprint density at radius 1 is 1.27 bits per heavy atom. The second kappa shape index (κ2) is 5.50. The normalized spacial score (nSPS) is 12.9. The Labute approximate surface area is 92.2 Å². The second-order valence-electron chi connectivity index (χ2n) is 3.86. The monoisotopic (exact) mass is 206 g/mol. The molecule has 0 atom stereocenters. The van der Waals surface area contributed by atoms with Gasteiger partial charge >= 0.3 is 0 Å². The molecule has 0 saturated carbocycles. The van der Waals surface area contributed by atoms with Crippen LogP contribution < -0.4 is 0 Å². The Balaban J connectivity index is 4.97. The average Bonchev–Trinajstić information content (AvgIpc) is 2.23. The lowest BCUT2D eigenvalue weighted by atomic mass is 9.77. The van der Waals surface area contributed by atoms with Crippen molar-refractivity contribution in [2.75, 3.05) is 0 Å². The molecule has 0 aromatic heterocycles. The first-order valence-corrected chi connectivity index (χ1v) is 4.88. The van der Waals surface area contributed by atoms with E-state index in [1.807, 2.05) is 19.9 Å². The molecule has 0 heterocycles. The van der Waals surface area contributed by atoms with Gasteiger partial charge in [-0.1, -0.05) is 57.9 Å². The topological polar surface area (TPSA) is 0 Å². The summed E-state index contributed by atoms with van der Waals surface area (Å²) >= 11 is 0. The first-order chi connectivity index (χ1) is 6.87. The van der Waals surface area contributed by atoms with Crippen LogP contribution in [0.3, 0.4) is 0 Å². The van der Waals surface area contributed by atoms with Gasteiger partial charge in [-0.3, -0.25) is 0 Å². The average molecular weight is 206 g/mol. The Kier molecular flexibility index (Phi) is 4.99. The van der Waals surface area contributed by atoms with Crippen molar-refractivity contribution in [1.29, 1.82) is 0 Å². The number of hydrogen-bond acceptors (Lipinski definition) is 0. The summed E-state index contributed by atoms with van der Waals surface area (Å²) in [6.07, 6.45) is 6.68. The Morgan fingerprint density at radius 3 is 2.20 bits per heavy atom. The van der Waals surface area contributed by atoms with Gasteiger partial charge in [0.25, 0.3) is 0 Å². The van der Waals surface area contributed by atoms with E-state index in [-0.39, 0.29) is 5.83 Å². The minimum absolute atomic E-state index is 0.284. The molecule has 0 aromatic rings. The van der Waals surface area contributed by atoms with E-state index in [0.29, 0.717) is 5.57 Å². The summed E-state index contributed by atoms with van der Waals surface area (Å²) < 4.78 is 13.4. The fourth-order valence-electron chi connectivity index (χ4n) is 1.06. The number of allylic oxidation sites excluding steroid dienone is 7. The third-order valence-electron chi connectivity index (χ3n) is 2.53. The zero-order chi connectivity index (χ0) is 12.1. The maximum Gasteiger partial charge on any atom is 0.122 e. The van der Waals surface area contributed by atoms with Crippen LogP contribution in [0.15, 0.2) is 61.0 Å². The molecule has 82 valence electrons. The van der Waals surface area contributed by atoms with Gasteiger partial charge in [0.05, 0.1) is 0 Å². The van der Waals surface area contributed by atoms with Crippen LogP contribution in [-0.2, 0) is 0 Å². The van der Waals surface area contributed by atoms with Crippen molar-refractivity contribution in [2.45, 2.75) is 20.8 Å². The third kappa shape index (κ3) is 3.35. The maximum atomic E-state index is 13.4. The zero-order valence-electron chi connectivity index (χ0n) is 9.81. The van der Waals surface area contributed by atoms with Crippen molar-refractivity contribution in [3.8, 4) is 0 Å². The molecule has 0 aromatic carbocycles. The van der Waals surface area contributed by atoms with Gasteiger partial charge < -0.3 is 0 Å². The summed E-state index contributed by atoms with van der Waals surface area (Å²) in [4.78, 5) is 0. The Bertz CT molecular complexity index is 327. The van der Waals surface area contributed by atoms with Gasteiger partial charge in [-0.25, -0.2) is 4.39 Å². The number of rotatable bonds is 5. The molecule has 0 rings (SSSR count). The molecule has 0 bridgehead atoms. The third-order valence-corrected chi connectivity index (χ3v) is 2.53. The van der Waals surface area contributed by atoms with E-state index in [4.69, 9.17) is 0 Å². The standard InChI is InChI=1S/C14H19F/c1-7-9-10-11(3)14(5,6)12(4)13(15)8-2/h7-10H,1,3-4H2,2,5-6H3/b10-9-,13-8+.